The van der Waals surface area contributed by atoms with Gasteiger partial charge in [-0.05, 0) is 40.2 Å². The van der Waals surface area contributed by atoms with Crippen LogP contribution in [0.1, 0.15) is 6.92 Å². The first-order chi connectivity index (χ1) is 8.99. The van der Waals surface area contributed by atoms with Gasteiger partial charge < -0.3 is 9.72 Å². The first kappa shape index (κ1) is 14.1. The molecule has 1 aromatic heterocycles. The summed E-state index contributed by atoms with van der Waals surface area (Å²) in [5.74, 6) is 0.673. The molecule has 4 nitrogen and oxygen atoms in total. The van der Waals surface area contributed by atoms with Crippen molar-refractivity contribution < 1.29 is 13.2 Å². The predicted octanol–water partition coefficient (Wildman–Crippen LogP) is 3.25. The molecule has 0 saturated carbocycles. The summed E-state index contributed by atoms with van der Waals surface area (Å²) in [6.07, 6.45) is 1.78. The molecular formula is C13H14BrNO3S. The molecular weight excluding hydrogens is 330 g/mol. The summed E-state index contributed by atoms with van der Waals surface area (Å²) >= 11 is 3.29. The number of nitrogens with one attached hydrogen (secondary N) is 1. The van der Waals surface area contributed by atoms with Crippen LogP contribution in [0.2, 0.25) is 0 Å². The van der Waals surface area contributed by atoms with Crippen LogP contribution in [-0.2, 0) is 9.84 Å². The van der Waals surface area contributed by atoms with E-state index in [-0.39, 0.29) is 10.6 Å². The topological polar surface area (TPSA) is 59.2 Å². The lowest BCUT2D eigenvalue weighted by Gasteiger charge is -2.12. The van der Waals surface area contributed by atoms with E-state index in [2.05, 4.69) is 20.9 Å². The molecule has 1 aromatic carbocycles. The number of methoxy groups -OCH3 is 1. The number of aromatic nitrogens is 1. The quantitative estimate of drug-likeness (QED) is 0.926. The molecule has 0 atom stereocenters. The number of halogens is 1. The standard InChI is InChI=1S/C13H14BrNO3S/c1-3-19(16,17)13-7-9(11-5-4-6-15-11)12(18-2)8-10(13)14/h4-8,15H,3H2,1-2H3. The number of ether oxygens (including phenoxy) is 1. The maximum Gasteiger partial charge on any atom is 0.179 e. The Labute approximate surface area is 120 Å². The summed E-state index contributed by atoms with van der Waals surface area (Å²) in [4.78, 5) is 3.33. The maximum atomic E-state index is 12.1. The van der Waals surface area contributed by atoms with Gasteiger partial charge in [0.05, 0.1) is 17.8 Å². The highest BCUT2D eigenvalue weighted by Gasteiger charge is 2.19. The minimum absolute atomic E-state index is 0.0576. The van der Waals surface area contributed by atoms with Crippen molar-refractivity contribution in [1.29, 1.82) is 0 Å². The molecule has 0 bridgehead atoms. The van der Waals surface area contributed by atoms with Gasteiger partial charge in [0.25, 0.3) is 0 Å². The second-order valence-corrected chi connectivity index (χ2v) is 7.07. The van der Waals surface area contributed by atoms with Crippen molar-refractivity contribution in [3.63, 3.8) is 0 Å². The van der Waals surface area contributed by atoms with Gasteiger partial charge in [-0.15, -0.1) is 0 Å². The van der Waals surface area contributed by atoms with Crippen LogP contribution in [-0.4, -0.2) is 26.3 Å². The van der Waals surface area contributed by atoms with E-state index in [9.17, 15) is 8.42 Å². The van der Waals surface area contributed by atoms with Crippen molar-refractivity contribution in [2.45, 2.75) is 11.8 Å². The lowest BCUT2D eigenvalue weighted by molar-refractivity contribution is 0.415. The van der Waals surface area contributed by atoms with Gasteiger partial charge in [-0.1, -0.05) is 6.92 Å². The van der Waals surface area contributed by atoms with Crippen molar-refractivity contribution in [1.82, 2.24) is 4.98 Å². The Hall–Kier alpha value is -1.27. The third-order valence-electron chi connectivity index (χ3n) is 2.86. The monoisotopic (exact) mass is 343 g/mol. The SMILES string of the molecule is CCS(=O)(=O)c1cc(-c2ccc[nH]2)c(OC)cc1Br. The summed E-state index contributed by atoms with van der Waals surface area (Å²) in [6, 6.07) is 7.03. The molecule has 0 aliphatic rings. The highest BCUT2D eigenvalue weighted by molar-refractivity contribution is 9.10. The summed E-state index contributed by atoms with van der Waals surface area (Å²) in [5, 5.41) is 0. The van der Waals surface area contributed by atoms with Gasteiger partial charge in [0.1, 0.15) is 5.75 Å². The molecule has 1 N–H and O–H groups in total. The largest absolute Gasteiger partial charge is 0.496 e. The van der Waals surface area contributed by atoms with Crippen molar-refractivity contribution in [3.05, 3.63) is 34.9 Å². The number of benzene rings is 1. The fraction of sp³-hybridized carbons (Fsp3) is 0.231. The normalized spacial score (nSPS) is 11.5. The number of sulfone groups is 1. The van der Waals surface area contributed by atoms with Crippen molar-refractivity contribution in [3.8, 4) is 17.0 Å². The van der Waals surface area contributed by atoms with Gasteiger partial charge in [0.2, 0.25) is 0 Å². The highest BCUT2D eigenvalue weighted by Crippen LogP contribution is 2.36. The maximum absolute atomic E-state index is 12.1. The molecule has 0 fully saturated rings. The van der Waals surface area contributed by atoms with Crippen LogP contribution in [0.25, 0.3) is 11.3 Å². The second-order valence-electron chi connectivity index (χ2n) is 3.97. The Morgan fingerprint density at radius 3 is 2.63 bits per heavy atom. The molecule has 2 rings (SSSR count). The van der Waals surface area contributed by atoms with Crippen LogP contribution in [0.3, 0.4) is 0 Å². The minimum atomic E-state index is -3.28. The van der Waals surface area contributed by atoms with E-state index in [0.717, 1.165) is 11.3 Å². The third-order valence-corrected chi connectivity index (χ3v) is 5.54. The summed E-state index contributed by atoms with van der Waals surface area (Å²) < 4.78 is 29.9. The molecule has 102 valence electrons. The molecule has 6 heteroatoms. The van der Waals surface area contributed by atoms with Gasteiger partial charge in [0.15, 0.2) is 9.84 Å². The van der Waals surface area contributed by atoms with E-state index in [1.165, 1.54) is 0 Å². The Kier molecular flexibility index (Phi) is 4.01. The molecule has 0 amide bonds. The molecule has 0 saturated heterocycles. The van der Waals surface area contributed by atoms with E-state index >= 15 is 0 Å². The molecule has 0 aliphatic heterocycles. The smallest absolute Gasteiger partial charge is 0.179 e. The zero-order chi connectivity index (χ0) is 14.0. The first-order valence-electron chi connectivity index (χ1n) is 5.73. The molecule has 19 heavy (non-hydrogen) atoms. The molecule has 0 radical (unpaired) electrons. The molecule has 0 unspecified atom stereocenters. The number of aromatic amines is 1. The van der Waals surface area contributed by atoms with Crippen LogP contribution in [0, 0.1) is 0 Å². The molecule has 0 spiro atoms. The predicted molar refractivity (Wildman–Crippen MR) is 78.2 cm³/mol. The Bertz CT molecular complexity index is 678. The van der Waals surface area contributed by atoms with Gasteiger partial charge in [-0.2, -0.15) is 0 Å². The zero-order valence-electron chi connectivity index (χ0n) is 10.6. The number of hydrogen-bond donors (Lipinski definition) is 1. The fourth-order valence-corrected chi connectivity index (χ4v) is 3.83. The van der Waals surface area contributed by atoms with Gasteiger partial charge in [-0.25, -0.2) is 8.42 Å². The van der Waals surface area contributed by atoms with Crippen LogP contribution < -0.4 is 4.74 Å². The van der Waals surface area contributed by atoms with Crippen molar-refractivity contribution in [2.75, 3.05) is 12.9 Å². The Morgan fingerprint density at radius 2 is 2.11 bits per heavy atom. The van der Waals surface area contributed by atoms with E-state index in [4.69, 9.17) is 4.74 Å². The molecule has 2 aromatic rings. The Morgan fingerprint density at radius 1 is 1.37 bits per heavy atom. The molecule has 0 aliphatic carbocycles. The van der Waals surface area contributed by atoms with Crippen LogP contribution in [0.5, 0.6) is 5.75 Å². The number of H-pyrrole nitrogens is 1. The number of hydrogen-bond acceptors (Lipinski definition) is 3. The lowest BCUT2D eigenvalue weighted by atomic mass is 10.1. The Balaban J connectivity index is 2.70. The van der Waals surface area contributed by atoms with E-state index in [1.807, 2.05) is 12.1 Å². The van der Waals surface area contributed by atoms with E-state index in [1.54, 1.807) is 32.4 Å². The number of rotatable bonds is 4. The summed E-state index contributed by atoms with van der Waals surface area (Å²) in [6.45, 7) is 1.63. The van der Waals surface area contributed by atoms with E-state index < -0.39 is 9.84 Å². The summed E-state index contributed by atoms with van der Waals surface area (Å²) in [7, 11) is -1.73. The fourth-order valence-electron chi connectivity index (χ4n) is 1.81. The second kappa shape index (κ2) is 5.38. The van der Waals surface area contributed by atoms with Crippen LogP contribution >= 0.6 is 15.9 Å². The van der Waals surface area contributed by atoms with Crippen LogP contribution in [0.15, 0.2) is 39.8 Å². The average Bonchev–Trinajstić information content (AvgIpc) is 2.91. The van der Waals surface area contributed by atoms with Gasteiger partial charge in [0, 0.05) is 21.9 Å². The molecule has 1 heterocycles. The third kappa shape index (κ3) is 2.69. The van der Waals surface area contributed by atoms with E-state index in [0.29, 0.717) is 10.2 Å². The zero-order valence-corrected chi connectivity index (χ0v) is 13.0. The van der Waals surface area contributed by atoms with Crippen molar-refractivity contribution >= 4 is 25.8 Å². The first-order valence-corrected chi connectivity index (χ1v) is 8.18. The summed E-state index contributed by atoms with van der Waals surface area (Å²) in [5.41, 5.74) is 1.54. The van der Waals surface area contributed by atoms with Gasteiger partial charge in [-0.3, -0.25) is 0 Å². The average molecular weight is 344 g/mol. The van der Waals surface area contributed by atoms with Crippen LogP contribution in [0.4, 0.5) is 0 Å². The minimum Gasteiger partial charge on any atom is -0.496 e. The highest BCUT2D eigenvalue weighted by atomic mass is 79.9. The van der Waals surface area contributed by atoms with Gasteiger partial charge >= 0.3 is 0 Å². The lowest BCUT2D eigenvalue weighted by Crippen LogP contribution is -2.05. The van der Waals surface area contributed by atoms with Crippen molar-refractivity contribution in [2.24, 2.45) is 0 Å².